The molecule has 7 nitrogen and oxygen atoms in total. The topological polar surface area (TPSA) is 95.0 Å². The molecule has 7 rings (SSSR count). The van der Waals surface area contributed by atoms with Crippen molar-refractivity contribution in [3.05, 3.63) is 99.0 Å². The van der Waals surface area contributed by atoms with E-state index in [4.69, 9.17) is 23.2 Å². The van der Waals surface area contributed by atoms with Crippen LogP contribution >= 0.6 is 23.2 Å². The standard InChI is InChI=1S/C34H28Cl2N2O5/c1-16-6-8-19(13-26(16)35)37-31(40)23-11-10-22-24(29(23)33(37)42)15-25-30(28(22)18-4-3-5-21(39)12-18)34(43)38(32(25)41)20-9-7-17(2)27(36)14-20/h3-10,12-14,23-25,28-30,39H,11,15H2,1-2H3. The Kier molecular flexibility index (Phi) is 6.52. The number of carbonyl (C=O) groups is 4. The predicted molar refractivity (Wildman–Crippen MR) is 163 cm³/mol. The summed E-state index contributed by atoms with van der Waals surface area (Å²) in [6, 6.07) is 17.0. The molecular weight excluding hydrogens is 587 g/mol. The molecule has 0 radical (unpaired) electrons. The van der Waals surface area contributed by atoms with Crippen molar-refractivity contribution in [3.63, 3.8) is 0 Å². The van der Waals surface area contributed by atoms with Crippen molar-refractivity contribution < 1.29 is 24.3 Å². The van der Waals surface area contributed by atoms with Crippen LogP contribution in [0.4, 0.5) is 11.4 Å². The van der Waals surface area contributed by atoms with Crippen LogP contribution in [0.3, 0.4) is 0 Å². The molecular formula is C34H28Cl2N2O5. The number of carbonyl (C=O) groups excluding carboxylic acids is 4. The number of allylic oxidation sites excluding steroid dienone is 2. The van der Waals surface area contributed by atoms with Gasteiger partial charge in [0.15, 0.2) is 0 Å². The Morgan fingerprint density at radius 2 is 1.28 bits per heavy atom. The van der Waals surface area contributed by atoms with E-state index in [-0.39, 0.29) is 35.8 Å². The van der Waals surface area contributed by atoms with Crippen LogP contribution in [0.15, 0.2) is 72.3 Å². The second-order valence-electron chi connectivity index (χ2n) is 12.0. The van der Waals surface area contributed by atoms with Crippen molar-refractivity contribution in [1.29, 1.82) is 0 Å². The Balaban J connectivity index is 1.33. The minimum atomic E-state index is -0.729. The van der Waals surface area contributed by atoms with Gasteiger partial charge in [-0.2, -0.15) is 0 Å². The van der Waals surface area contributed by atoms with Crippen molar-refractivity contribution in [2.75, 3.05) is 9.80 Å². The van der Waals surface area contributed by atoms with Gasteiger partial charge in [0.05, 0.1) is 35.0 Å². The van der Waals surface area contributed by atoms with Crippen LogP contribution in [0.5, 0.6) is 5.75 Å². The van der Waals surface area contributed by atoms with Crippen molar-refractivity contribution in [1.82, 2.24) is 0 Å². The highest BCUT2D eigenvalue weighted by molar-refractivity contribution is 6.33. The van der Waals surface area contributed by atoms with Gasteiger partial charge in [0.25, 0.3) is 0 Å². The van der Waals surface area contributed by atoms with Crippen molar-refractivity contribution in [2.24, 2.45) is 29.6 Å². The summed E-state index contributed by atoms with van der Waals surface area (Å²) in [6.45, 7) is 3.70. The molecule has 2 heterocycles. The van der Waals surface area contributed by atoms with Crippen molar-refractivity contribution in [2.45, 2.75) is 32.6 Å². The van der Waals surface area contributed by atoms with Gasteiger partial charge in [0, 0.05) is 16.0 Å². The van der Waals surface area contributed by atoms with Gasteiger partial charge in [-0.15, -0.1) is 0 Å². The SMILES string of the molecule is Cc1ccc(N2C(=O)C3CC=C4C(CC5C(=O)N(c6ccc(C)c(Cl)c6)C(=O)C5C4c4cccc(O)c4)C3C2=O)cc1Cl. The summed E-state index contributed by atoms with van der Waals surface area (Å²) in [5.74, 6) is -4.95. The van der Waals surface area contributed by atoms with Crippen LogP contribution in [0, 0.1) is 43.4 Å². The number of imide groups is 2. The Morgan fingerprint density at radius 1 is 0.698 bits per heavy atom. The Labute approximate surface area is 258 Å². The summed E-state index contributed by atoms with van der Waals surface area (Å²) < 4.78 is 0. The van der Waals surface area contributed by atoms with Crippen LogP contribution in [-0.2, 0) is 19.2 Å². The highest BCUT2D eigenvalue weighted by Gasteiger charge is 2.62. The van der Waals surface area contributed by atoms with E-state index in [1.807, 2.05) is 26.0 Å². The van der Waals surface area contributed by atoms with Crippen LogP contribution in [0.2, 0.25) is 10.0 Å². The lowest BCUT2D eigenvalue weighted by Gasteiger charge is -2.44. The molecule has 0 spiro atoms. The summed E-state index contributed by atoms with van der Waals surface area (Å²) in [5.41, 5.74) is 4.04. The highest BCUT2D eigenvalue weighted by Crippen LogP contribution is 2.58. The highest BCUT2D eigenvalue weighted by atomic mass is 35.5. The summed E-state index contributed by atoms with van der Waals surface area (Å²) in [5, 5.41) is 11.3. The van der Waals surface area contributed by atoms with Crippen molar-refractivity contribution >= 4 is 58.2 Å². The molecule has 218 valence electrons. The molecule has 1 N–H and O–H groups in total. The quantitative estimate of drug-likeness (QED) is 0.273. The summed E-state index contributed by atoms with van der Waals surface area (Å²) in [4.78, 5) is 58.5. The Bertz CT molecular complexity index is 1780. The number of rotatable bonds is 3. The summed E-state index contributed by atoms with van der Waals surface area (Å²) in [7, 11) is 0. The van der Waals surface area contributed by atoms with Gasteiger partial charge in [-0.3, -0.25) is 19.2 Å². The molecule has 4 amide bonds. The third-order valence-corrected chi connectivity index (χ3v) is 10.5. The number of anilines is 2. The molecule has 4 aliphatic rings. The number of aryl methyl sites for hydroxylation is 2. The maximum Gasteiger partial charge on any atom is 0.238 e. The van der Waals surface area contributed by atoms with Gasteiger partial charge >= 0.3 is 0 Å². The minimum Gasteiger partial charge on any atom is -0.508 e. The minimum absolute atomic E-state index is 0.0407. The van der Waals surface area contributed by atoms with E-state index in [9.17, 15) is 24.3 Å². The van der Waals surface area contributed by atoms with E-state index < -0.39 is 35.5 Å². The first-order valence-corrected chi connectivity index (χ1v) is 15.1. The number of benzene rings is 3. The van der Waals surface area contributed by atoms with Crippen LogP contribution < -0.4 is 9.80 Å². The average molecular weight is 616 g/mol. The normalized spacial score (nSPS) is 28.1. The first-order valence-electron chi connectivity index (χ1n) is 14.3. The first kappa shape index (κ1) is 27.9. The number of hydrogen-bond donors (Lipinski definition) is 1. The summed E-state index contributed by atoms with van der Waals surface area (Å²) >= 11 is 12.7. The van der Waals surface area contributed by atoms with Crippen LogP contribution in [-0.4, -0.2) is 28.7 Å². The third-order valence-electron chi connectivity index (χ3n) is 9.71. The number of phenols is 1. The van der Waals surface area contributed by atoms with Gasteiger partial charge < -0.3 is 5.11 Å². The van der Waals surface area contributed by atoms with E-state index in [2.05, 4.69) is 0 Å². The number of hydrogen-bond acceptors (Lipinski definition) is 5. The fourth-order valence-corrected chi connectivity index (χ4v) is 7.98. The smallest absolute Gasteiger partial charge is 0.238 e. The molecule has 6 unspecified atom stereocenters. The molecule has 3 fully saturated rings. The zero-order valence-corrected chi connectivity index (χ0v) is 25.0. The lowest BCUT2D eigenvalue weighted by molar-refractivity contribution is -0.126. The number of amides is 4. The first-order chi connectivity index (χ1) is 20.6. The molecule has 43 heavy (non-hydrogen) atoms. The molecule has 0 aromatic heterocycles. The fraction of sp³-hybridized carbons (Fsp3) is 0.294. The lowest BCUT2D eigenvalue weighted by atomic mass is 9.57. The number of halogens is 2. The predicted octanol–water partition coefficient (Wildman–Crippen LogP) is 6.36. The molecule has 3 aromatic rings. The Morgan fingerprint density at radius 3 is 1.86 bits per heavy atom. The van der Waals surface area contributed by atoms with E-state index in [0.717, 1.165) is 16.7 Å². The van der Waals surface area contributed by atoms with E-state index in [1.54, 1.807) is 54.6 Å². The maximum absolute atomic E-state index is 14.2. The Hall–Kier alpha value is -3.94. The third kappa shape index (κ3) is 4.16. The fourth-order valence-electron chi connectivity index (χ4n) is 7.63. The molecule has 1 saturated carbocycles. The summed E-state index contributed by atoms with van der Waals surface area (Å²) in [6.07, 6.45) is 2.58. The van der Waals surface area contributed by atoms with Gasteiger partial charge in [0.2, 0.25) is 23.6 Å². The molecule has 2 saturated heterocycles. The zero-order chi connectivity index (χ0) is 30.3. The van der Waals surface area contributed by atoms with E-state index >= 15 is 0 Å². The lowest BCUT2D eigenvalue weighted by Crippen LogP contribution is -2.43. The number of phenolic OH excluding ortho intramolecular Hbond substituents is 1. The number of fused-ring (bicyclic) bond motifs is 4. The zero-order valence-electron chi connectivity index (χ0n) is 23.5. The van der Waals surface area contributed by atoms with Gasteiger partial charge in [-0.25, -0.2) is 9.80 Å². The van der Waals surface area contributed by atoms with Gasteiger partial charge in [0.1, 0.15) is 5.75 Å². The second kappa shape index (κ2) is 10.1. The number of nitrogens with zero attached hydrogens (tertiary/aromatic N) is 2. The second-order valence-corrected chi connectivity index (χ2v) is 12.8. The van der Waals surface area contributed by atoms with E-state index in [1.165, 1.54) is 9.80 Å². The van der Waals surface area contributed by atoms with Crippen LogP contribution in [0.25, 0.3) is 0 Å². The molecule has 2 aliphatic heterocycles. The molecule has 3 aromatic carbocycles. The largest absolute Gasteiger partial charge is 0.508 e. The van der Waals surface area contributed by atoms with Crippen LogP contribution in [0.1, 0.15) is 35.4 Å². The molecule has 6 atom stereocenters. The van der Waals surface area contributed by atoms with Crippen molar-refractivity contribution in [3.8, 4) is 5.75 Å². The van der Waals surface area contributed by atoms with E-state index in [0.29, 0.717) is 33.4 Å². The monoisotopic (exact) mass is 614 g/mol. The molecule has 2 aliphatic carbocycles. The average Bonchev–Trinajstić information content (AvgIpc) is 3.38. The number of aromatic hydroxyl groups is 1. The molecule has 9 heteroatoms. The van der Waals surface area contributed by atoms with Gasteiger partial charge in [-0.05, 0) is 85.7 Å². The van der Waals surface area contributed by atoms with Gasteiger partial charge in [-0.1, -0.05) is 59.1 Å². The maximum atomic E-state index is 14.2. The molecule has 0 bridgehead atoms.